The number of nitrogen functional groups attached to an aromatic ring is 1. The lowest BCUT2D eigenvalue weighted by molar-refractivity contribution is 0.0314. The van der Waals surface area contributed by atoms with Gasteiger partial charge in [-0.2, -0.15) is 0 Å². The van der Waals surface area contributed by atoms with Crippen molar-refractivity contribution in [1.29, 1.82) is 0 Å². The Balaban J connectivity index is 1.94. The highest BCUT2D eigenvalue weighted by Crippen LogP contribution is 2.18. The van der Waals surface area contributed by atoms with Crippen LogP contribution in [0.15, 0.2) is 24.3 Å². The summed E-state index contributed by atoms with van der Waals surface area (Å²) in [7, 11) is 0. The van der Waals surface area contributed by atoms with Gasteiger partial charge in [-0.05, 0) is 30.7 Å². The van der Waals surface area contributed by atoms with Crippen LogP contribution in [0.4, 0.5) is 5.69 Å². The Hall–Kier alpha value is -2.01. The third-order valence-corrected chi connectivity index (χ3v) is 2.67. The van der Waals surface area contributed by atoms with Gasteiger partial charge in [0.05, 0.1) is 6.61 Å². The van der Waals surface area contributed by atoms with Crippen molar-refractivity contribution in [2.45, 2.75) is 13.3 Å². The summed E-state index contributed by atoms with van der Waals surface area (Å²) in [4.78, 5) is 14.8. The van der Waals surface area contributed by atoms with Crippen LogP contribution in [0.2, 0.25) is 0 Å². The van der Waals surface area contributed by atoms with E-state index in [1.54, 1.807) is 12.1 Å². The van der Waals surface area contributed by atoms with Crippen LogP contribution in [0, 0.1) is 0 Å². The maximum atomic E-state index is 11.8. The molecule has 0 spiro atoms. The highest BCUT2D eigenvalue weighted by atomic mass is 16.6. The Morgan fingerprint density at radius 2 is 2.11 bits per heavy atom. The van der Waals surface area contributed by atoms with E-state index in [1.807, 2.05) is 19.1 Å². The van der Waals surface area contributed by atoms with Crippen LogP contribution in [-0.4, -0.2) is 30.8 Å². The van der Waals surface area contributed by atoms with Gasteiger partial charge in [0.25, 0.3) is 0 Å². The summed E-state index contributed by atoms with van der Waals surface area (Å²) < 4.78 is 10.3. The Morgan fingerprint density at radius 3 is 2.89 bits per heavy atom. The van der Waals surface area contributed by atoms with Gasteiger partial charge >= 0.3 is 5.97 Å². The van der Waals surface area contributed by atoms with Gasteiger partial charge in [-0.25, -0.2) is 4.79 Å². The number of benzene rings is 1. The molecule has 5 nitrogen and oxygen atoms in total. The summed E-state index contributed by atoms with van der Waals surface area (Å²) in [6, 6.07) is 7.17. The molecule has 0 bridgehead atoms. The lowest BCUT2D eigenvalue weighted by atomic mass is 10.2. The van der Waals surface area contributed by atoms with Crippen molar-refractivity contribution in [2.75, 3.05) is 25.6 Å². The molecule has 3 N–H and O–H groups in total. The largest absolute Gasteiger partial charge is 0.459 e. The van der Waals surface area contributed by atoms with E-state index in [0.29, 0.717) is 24.6 Å². The number of H-pyrrole nitrogens is 1. The summed E-state index contributed by atoms with van der Waals surface area (Å²) in [5.41, 5.74) is 7.65. The molecule has 0 aliphatic rings. The first-order chi connectivity index (χ1) is 9.20. The van der Waals surface area contributed by atoms with Crippen LogP contribution in [0.1, 0.15) is 23.8 Å². The molecule has 19 heavy (non-hydrogen) atoms. The zero-order valence-electron chi connectivity index (χ0n) is 10.9. The number of carbonyl (C=O) groups excluding carboxylic acids is 1. The van der Waals surface area contributed by atoms with Gasteiger partial charge in [0.1, 0.15) is 12.3 Å². The summed E-state index contributed by atoms with van der Waals surface area (Å²) in [6.07, 6.45) is 0.956. The minimum absolute atomic E-state index is 0.260. The molecular formula is C14H18N2O3. The van der Waals surface area contributed by atoms with Gasteiger partial charge in [-0.15, -0.1) is 0 Å². The number of nitrogens with one attached hydrogen (secondary N) is 1. The van der Waals surface area contributed by atoms with Crippen molar-refractivity contribution in [1.82, 2.24) is 4.98 Å². The summed E-state index contributed by atoms with van der Waals surface area (Å²) in [5.74, 6) is -0.380. The Labute approximate surface area is 111 Å². The number of aromatic nitrogens is 1. The number of ether oxygens (including phenoxy) is 2. The fourth-order valence-corrected chi connectivity index (χ4v) is 1.78. The van der Waals surface area contributed by atoms with Crippen molar-refractivity contribution in [3.63, 3.8) is 0 Å². The second kappa shape index (κ2) is 6.24. The number of hydrogen-bond acceptors (Lipinski definition) is 4. The maximum Gasteiger partial charge on any atom is 0.354 e. The fraction of sp³-hybridized carbons (Fsp3) is 0.357. The number of rotatable bonds is 6. The normalized spacial score (nSPS) is 10.8. The smallest absolute Gasteiger partial charge is 0.354 e. The van der Waals surface area contributed by atoms with E-state index in [1.165, 1.54) is 0 Å². The number of anilines is 1. The van der Waals surface area contributed by atoms with Gasteiger partial charge in [-0.1, -0.05) is 6.92 Å². The second-order valence-corrected chi connectivity index (χ2v) is 4.28. The van der Waals surface area contributed by atoms with Crippen LogP contribution in [0.3, 0.4) is 0 Å². The molecule has 0 atom stereocenters. The SMILES string of the molecule is CCCOCCOC(=O)c1cc2cc(N)ccc2[nH]1. The molecule has 1 aromatic heterocycles. The number of nitrogens with two attached hydrogens (primary N) is 1. The molecule has 0 aliphatic heterocycles. The molecule has 5 heteroatoms. The minimum atomic E-state index is -0.380. The Bertz CT molecular complexity index is 563. The molecule has 1 aromatic carbocycles. The second-order valence-electron chi connectivity index (χ2n) is 4.28. The molecule has 102 valence electrons. The first-order valence-electron chi connectivity index (χ1n) is 6.34. The van der Waals surface area contributed by atoms with Gasteiger partial charge < -0.3 is 20.2 Å². The number of carbonyl (C=O) groups is 1. The third kappa shape index (κ3) is 3.48. The topological polar surface area (TPSA) is 77.3 Å². The maximum absolute atomic E-state index is 11.8. The molecule has 0 aliphatic carbocycles. The number of hydrogen-bond donors (Lipinski definition) is 2. The van der Waals surface area contributed by atoms with E-state index in [0.717, 1.165) is 17.3 Å². The van der Waals surface area contributed by atoms with Gasteiger partial charge in [0.15, 0.2) is 0 Å². The Kier molecular flexibility index (Phi) is 4.41. The molecule has 0 fully saturated rings. The van der Waals surface area contributed by atoms with Gasteiger partial charge in [0.2, 0.25) is 0 Å². The van der Waals surface area contributed by atoms with E-state index in [-0.39, 0.29) is 12.6 Å². The zero-order valence-corrected chi connectivity index (χ0v) is 10.9. The van der Waals surface area contributed by atoms with Crippen molar-refractivity contribution >= 4 is 22.6 Å². The summed E-state index contributed by atoms with van der Waals surface area (Å²) >= 11 is 0. The van der Waals surface area contributed by atoms with Crippen LogP contribution >= 0.6 is 0 Å². The number of aromatic amines is 1. The predicted molar refractivity (Wildman–Crippen MR) is 74.1 cm³/mol. The number of esters is 1. The molecule has 0 saturated heterocycles. The van der Waals surface area contributed by atoms with Crippen LogP contribution in [0.5, 0.6) is 0 Å². The van der Waals surface area contributed by atoms with Crippen LogP contribution in [0.25, 0.3) is 10.9 Å². The average molecular weight is 262 g/mol. The number of fused-ring (bicyclic) bond motifs is 1. The third-order valence-electron chi connectivity index (χ3n) is 2.67. The van der Waals surface area contributed by atoms with E-state index in [4.69, 9.17) is 15.2 Å². The average Bonchev–Trinajstić information content (AvgIpc) is 2.81. The zero-order chi connectivity index (χ0) is 13.7. The van der Waals surface area contributed by atoms with Crippen LogP contribution in [-0.2, 0) is 9.47 Å². The van der Waals surface area contributed by atoms with E-state index >= 15 is 0 Å². The quantitative estimate of drug-likeness (QED) is 0.476. The predicted octanol–water partition coefficient (Wildman–Crippen LogP) is 2.33. The van der Waals surface area contributed by atoms with Crippen molar-refractivity contribution in [3.05, 3.63) is 30.0 Å². The molecule has 0 radical (unpaired) electrons. The molecule has 0 unspecified atom stereocenters. The molecule has 0 amide bonds. The van der Waals surface area contributed by atoms with Crippen molar-refractivity contribution in [3.8, 4) is 0 Å². The monoisotopic (exact) mass is 262 g/mol. The first-order valence-corrected chi connectivity index (χ1v) is 6.34. The molecule has 0 saturated carbocycles. The lowest BCUT2D eigenvalue weighted by Crippen LogP contribution is -2.11. The highest BCUT2D eigenvalue weighted by Gasteiger charge is 2.10. The molecule has 1 heterocycles. The summed E-state index contributed by atoms with van der Waals surface area (Å²) in [6.45, 7) is 3.40. The standard InChI is InChI=1S/C14H18N2O3/c1-2-5-18-6-7-19-14(17)13-9-10-8-11(15)3-4-12(10)16-13/h3-4,8-9,16H,2,5-7,15H2,1H3. The van der Waals surface area contributed by atoms with E-state index in [9.17, 15) is 4.79 Å². The summed E-state index contributed by atoms with van der Waals surface area (Å²) in [5, 5.41) is 0.897. The van der Waals surface area contributed by atoms with Gasteiger partial charge in [-0.3, -0.25) is 0 Å². The molecule has 2 rings (SSSR count). The van der Waals surface area contributed by atoms with E-state index in [2.05, 4.69) is 4.98 Å². The van der Waals surface area contributed by atoms with Crippen LogP contribution < -0.4 is 5.73 Å². The van der Waals surface area contributed by atoms with E-state index < -0.39 is 0 Å². The molecular weight excluding hydrogens is 244 g/mol. The first kappa shape index (κ1) is 13.4. The molecule has 2 aromatic rings. The van der Waals surface area contributed by atoms with Crippen molar-refractivity contribution < 1.29 is 14.3 Å². The van der Waals surface area contributed by atoms with Crippen molar-refractivity contribution in [2.24, 2.45) is 0 Å². The van der Waals surface area contributed by atoms with Gasteiger partial charge in [0, 0.05) is 23.2 Å². The fourth-order valence-electron chi connectivity index (χ4n) is 1.78. The highest BCUT2D eigenvalue weighted by molar-refractivity contribution is 5.95. The lowest BCUT2D eigenvalue weighted by Gasteiger charge is -2.03. The Morgan fingerprint density at radius 1 is 1.26 bits per heavy atom. The minimum Gasteiger partial charge on any atom is -0.459 e.